The average molecular weight is 364 g/mol. The van der Waals surface area contributed by atoms with Crippen molar-refractivity contribution in [2.24, 2.45) is 23.7 Å². The minimum Gasteiger partial charge on any atom is -0.465 e. The van der Waals surface area contributed by atoms with Crippen LogP contribution in [0.15, 0.2) is 0 Å². The van der Waals surface area contributed by atoms with Gasteiger partial charge < -0.3 is 9.47 Å². The molecule has 1 heterocycles. The van der Waals surface area contributed by atoms with Gasteiger partial charge in [-0.3, -0.25) is 9.59 Å². The van der Waals surface area contributed by atoms with E-state index in [4.69, 9.17) is 9.47 Å². The fourth-order valence-corrected chi connectivity index (χ4v) is 3.97. The van der Waals surface area contributed by atoms with E-state index in [1.165, 1.54) is 0 Å². The van der Waals surface area contributed by atoms with E-state index in [0.29, 0.717) is 24.4 Å². The van der Waals surface area contributed by atoms with Gasteiger partial charge in [0.15, 0.2) is 0 Å². The lowest BCUT2D eigenvalue weighted by molar-refractivity contribution is -0.152. The molecule has 18 heavy (non-hydrogen) atoms. The molecule has 1 aliphatic heterocycles. The molecule has 3 aliphatic rings. The standard InChI is InChI=1S/C13H17IO4/c1-2-9(14)12(15)18-10-4-6-3-7(10)8-5-17-13(16)11(6)8/h6-11H,2-5H2,1H3. The Bertz CT molecular complexity index is 383. The van der Waals surface area contributed by atoms with E-state index < -0.39 is 0 Å². The molecule has 2 aliphatic carbocycles. The molecule has 5 heteroatoms. The zero-order valence-corrected chi connectivity index (χ0v) is 12.5. The molecule has 0 aromatic rings. The van der Waals surface area contributed by atoms with Gasteiger partial charge in [0, 0.05) is 11.8 Å². The number of rotatable bonds is 3. The molecular weight excluding hydrogens is 347 g/mol. The molecule has 2 saturated carbocycles. The van der Waals surface area contributed by atoms with Gasteiger partial charge >= 0.3 is 11.9 Å². The van der Waals surface area contributed by atoms with Gasteiger partial charge in [-0.05, 0) is 25.2 Å². The van der Waals surface area contributed by atoms with E-state index in [1.807, 2.05) is 6.92 Å². The van der Waals surface area contributed by atoms with Crippen molar-refractivity contribution >= 4 is 34.5 Å². The summed E-state index contributed by atoms with van der Waals surface area (Å²) in [7, 11) is 0. The lowest BCUT2D eigenvalue weighted by atomic mass is 9.80. The molecule has 6 atom stereocenters. The first-order valence-electron chi connectivity index (χ1n) is 6.63. The summed E-state index contributed by atoms with van der Waals surface area (Å²) in [5.41, 5.74) is 0. The Hall–Kier alpha value is -0.330. The van der Waals surface area contributed by atoms with Gasteiger partial charge in [0.1, 0.15) is 10.0 Å². The molecule has 6 unspecified atom stereocenters. The number of hydrogen-bond donors (Lipinski definition) is 0. The van der Waals surface area contributed by atoms with Crippen LogP contribution in [0.3, 0.4) is 0 Å². The predicted molar refractivity (Wildman–Crippen MR) is 72.1 cm³/mol. The fourth-order valence-electron chi connectivity index (χ4n) is 3.82. The number of carbonyl (C=O) groups excluding carboxylic acids is 2. The Balaban J connectivity index is 1.65. The second-order valence-electron chi connectivity index (χ2n) is 5.57. The monoisotopic (exact) mass is 364 g/mol. The number of esters is 2. The summed E-state index contributed by atoms with van der Waals surface area (Å²) in [5, 5.41) is 0. The molecule has 100 valence electrons. The predicted octanol–water partition coefficient (Wildman–Crippen LogP) is 1.94. The highest BCUT2D eigenvalue weighted by Gasteiger charge is 2.60. The minimum atomic E-state index is -0.0996. The SMILES string of the molecule is CCC(I)C(=O)OC1CC2CC1C1COC(=O)C21. The third kappa shape index (κ3) is 1.85. The summed E-state index contributed by atoms with van der Waals surface area (Å²) in [5.74, 6) is 0.975. The molecule has 4 nitrogen and oxygen atoms in total. The number of carbonyl (C=O) groups is 2. The maximum atomic E-state index is 11.8. The van der Waals surface area contributed by atoms with Crippen LogP contribution in [0.25, 0.3) is 0 Å². The van der Waals surface area contributed by atoms with Crippen LogP contribution in [0.4, 0.5) is 0 Å². The zero-order valence-electron chi connectivity index (χ0n) is 10.3. The highest BCUT2D eigenvalue weighted by Crippen LogP contribution is 2.56. The quantitative estimate of drug-likeness (QED) is 0.436. The van der Waals surface area contributed by atoms with E-state index in [1.54, 1.807) is 0 Å². The number of halogens is 1. The van der Waals surface area contributed by atoms with Crippen LogP contribution in [-0.2, 0) is 19.1 Å². The van der Waals surface area contributed by atoms with Gasteiger partial charge in [0.25, 0.3) is 0 Å². The van der Waals surface area contributed by atoms with Crippen LogP contribution in [0.1, 0.15) is 26.2 Å². The normalized spacial score (nSPS) is 42.6. The van der Waals surface area contributed by atoms with Gasteiger partial charge in [0.2, 0.25) is 0 Å². The van der Waals surface area contributed by atoms with Crippen LogP contribution in [0, 0.1) is 23.7 Å². The molecule has 0 aromatic carbocycles. The molecule has 0 N–H and O–H groups in total. The lowest BCUT2D eigenvalue weighted by Crippen LogP contribution is -2.36. The van der Waals surface area contributed by atoms with Crippen molar-refractivity contribution in [3.63, 3.8) is 0 Å². The van der Waals surface area contributed by atoms with Crippen LogP contribution in [0.5, 0.6) is 0 Å². The highest BCUT2D eigenvalue weighted by molar-refractivity contribution is 14.1. The highest BCUT2D eigenvalue weighted by atomic mass is 127. The van der Waals surface area contributed by atoms with Gasteiger partial charge in [0.05, 0.1) is 12.5 Å². The van der Waals surface area contributed by atoms with Crippen LogP contribution in [-0.4, -0.2) is 28.6 Å². The van der Waals surface area contributed by atoms with E-state index in [2.05, 4.69) is 22.6 Å². The molecule has 2 bridgehead atoms. The summed E-state index contributed by atoms with van der Waals surface area (Å²) in [6.07, 6.45) is 2.69. The summed E-state index contributed by atoms with van der Waals surface area (Å²) in [4.78, 5) is 23.4. The number of alkyl halides is 1. The van der Waals surface area contributed by atoms with E-state index in [0.717, 1.165) is 19.3 Å². The van der Waals surface area contributed by atoms with Crippen molar-refractivity contribution < 1.29 is 19.1 Å². The Morgan fingerprint density at radius 1 is 1.50 bits per heavy atom. The van der Waals surface area contributed by atoms with Crippen molar-refractivity contribution in [1.82, 2.24) is 0 Å². The van der Waals surface area contributed by atoms with Gasteiger partial charge in [-0.2, -0.15) is 0 Å². The first-order chi connectivity index (χ1) is 8.61. The second kappa shape index (κ2) is 4.65. The van der Waals surface area contributed by atoms with E-state index in [-0.39, 0.29) is 27.9 Å². The lowest BCUT2D eigenvalue weighted by Gasteiger charge is -2.28. The molecule has 1 saturated heterocycles. The summed E-state index contributed by atoms with van der Waals surface area (Å²) in [6, 6.07) is 0. The first kappa shape index (κ1) is 12.7. The maximum absolute atomic E-state index is 11.8. The molecule has 0 spiro atoms. The van der Waals surface area contributed by atoms with Crippen LogP contribution in [0.2, 0.25) is 0 Å². The number of fused-ring (bicyclic) bond motifs is 5. The largest absolute Gasteiger partial charge is 0.465 e. The van der Waals surface area contributed by atoms with Crippen molar-refractivity contribution in [2.75, 3.05) is 6.61 Å². The van der Waals surface area contributed by atoms with Crippen LogP contribution < -0.4 is 0 Å². The molecule has 0 aromatic heterocycles. The Labute approximate surface area is 120 Å². The molecule has 0 amide bonds. The van der Waals surface area contributed by atoms with E-state index >= 15 is 0 Å². The number of hydrogen-bond acceptors (Lipinski definition) is 4. The summed E-state index contributed by atoms with van der Waals surface area (Å²) < 4.78 is 10.7. The van der Waals surface area contributed by atoms with Crippen molar-refractivity contribution in [2.45, 2.75) is 36.2 Å². The topological polar surface area (TPSA) is 52.6 Å². The Morgan fingerprint density at radius 3 is 3.00 bits per heavy atom. The third-order valence-corrected chi connectivity index (χ3v) is 6.07. The summed E-state index contributed by atoms with van der Waals surface area (Å²) >= 11 is 2.13. The van der Waals surface area contributed by atoms with Crippen molar-refractivity contribution in [3.05, 3.63) is 0 Å². The smallest absolute Gasteiger partial charge is 0.319 e. The molecule has 3 rings (SSSR count). The first-order valence-corrected chi connectivity index (χ1v) is 7.87. The van der Waals surface area contributed by atoms with E-state index in [9.17, 15) is 9.59 Å². The van der Waals surface area contributed by atoms with Gasteiger partial charge in [-0.15, -0.1) is 0 Å². The summed E-state index contributed by atoms with van der Waals surface area (Å²) in [6.45, 7) is 2.51. The molecule has 3 fully saturated rings. The van der Waals surface area contributed by atoms with Crippen molar-refractivity contribution in [1.29, 1.82) is 0 Å². The molecular formula is C13H17IO4. The zero-order chi connectivity index (χ0) is 12.9. The van der Waals surface area contributed by atoms with Gasteiger partial charge in [-0.1, -0.05) is 29.5 Å². The number of cyclic esters (lactones) is 1. The minimum absolute atomic E-state index is 0.0158. The Morgan fingerprint density at radius 2 is 2.28 bits per heavy atom. The second-order valence-corrected chi connectivity index (χ2v) is 7.07. The fraction of sp³-hybridized carbons (Fsp3) is 0.846. The van der Waals surface area contributed by atoms with Crippen LogP contribution >= 0.6 is 22.6 Å². The maximum Gasteiger partial charge on any atom is 0.319 e. The Kier molecular flexibility index (Phi) is 3.28. The third-order valence-electron chi connectivity index (χ3n) is 4.68. The number of ether oxygens (including phenoxy) is 2. The van der Waals surface area contributed by atoms with Crippen molar-refractivity contribution in [3.8, 4) is 0 Å². The average Bonchev–Trinajstić information content (AvgIpc) is 3.01. The molecule has 0 radical (unpaired) electrons. The van der Waals surface area contributed by atoms with Gasteiger partial charge in [-0.25, -0.2) is 0 Å².